The van der Waals surface area contributed by atoms with Crippen LogP contribution in [-0.4, -0.2) is 19.1 Å². The number of aryl methyl sites for hydroxylation is 1. The molecule has 0 unspecified atom stereocenters. The number of para-hydroxylation sites is 2. The number of benzene rings is 2. The third-order valence-corrected chi connectivity index (χ3v) is 5.81. The molecule has 1 aromatic heterocycles. The molecule has 3 N–H and O–H groups in total. The Hall–Kier alpha value is -2.63. The Morgan fingerprint density at radius 1 is 1.11 bits per heavy atom. The first kappa shape index (κ1) is 20.1. The minimum absolute atomic E-state index is 0.0452. The summed E-state index contributed by atoms with van der Waals surface area (Å²) in [6.07, 6.45) is 1.02. The van der Waals surface area contributed by atoms with Crippen LogP contribution in [0.3, 0.4) is 0 Å². The van der Waals surface area contributed by atoms with Crippen molar-refractivity contribution < 1.29 is 14.8 Å². The monoisotopic (exact) mass is 395 g/mol. The molecule has 0 aliphatic heterocycles. The van der Waals surface area contributed by atoms with E-state index < -0.39 is 0 Å². The van der Waals surface area contributed by atoms with Gasteiger partial charge in [0.2, 0.25) is 0 Å². The van der Waals surface area contributed by atoms with E-state index in [4.69, 9.17) is 4.74 Å². The lowest BCUT2D eigenvalue weighted by atomic mass is 10.0. The summed E-state index contributed by atoms with van der Waals surface area (Å²) < 4.78 is 5.33. The SMILES string of the molecule is CCc1ccc([C@H]([NH2+][C@H](C)C(=O)Nc2ccccc2OC)c2cccs2)cc1. The number of ether oxygens (including phenoxy) is 1. The highest BCUT2D eigenvalue weighted by atomic mass is 32.1. The maximum atomic E-state index is 12.8. The Balaban J connectivity index is 1.77. The Morgan fingerprint density at radius 3 is 2.50 bits per heavy atom. The lowest BCUT2D eigenvalue weighted by molar-refractivity contribution is -0.703. The summed E-state index contributed by atoms with van der Waals surface area (Å²) in [5.74, 6) is 0.615. The largest absolute Gasteiger partial charge is 0.495 e. The number of nitrogens with two attached hydrogens (primary N) is 1. The quantitative estimate of drug-likeness (QED) is 0.606. The van der Waals surface area contributed by atoms with Crippen molar-refractivity contribution in [2.24, 2.45) is 0 Å². The highest BCUT2D eigenvalue weighted by molar-refractivity contribution is 7.10. The molecule has 0 saturated carbocycles. The minimum atomic E-state index is -0.261. The zero-order valence-electron chi connectivity index (χ0n) is 16.5. The third-order valence-electron chi connectivity index (χ3n) is 4.86. The van der Waals surface area contributed by atoms with Gasteiger partial charge in [-0.15, -0.1) is 11.3 Å². The van der Waals surface area contributed by atoms with E-state index in [1.165, 1.54) is 16.0 Å². The maximum absolute atomic E-state index is 12.8. The van der Waals surface area contributed by atoms with Crippen LogP contribution in [-0.2, 0) is 11.2 Å². The fraction of sp³-hybridized carbons (Fsp3) is 0.261. The summed E-state index contributed by atoms with van der Waals surface area (Å²) in [7, 11) is 1.60. The van der Waals surface area contributed by atoms with Gasteiger partial charge in [-0.25, -0.2) is 0 Å². The van der Waals surface area contributed by atoms with Gasteiger partial charge in [-0.1, -0.05) is 49.4 Å². The van der Waals surface area contributed by atoms with Crippen LogP contribution in [0.15, 0.2) is 66.0 Å². The summed E-state index contributed by atoms with van der Waals surface area (Å²) in [5, 5.41) is 7.19. The van der Waals surface area contributed by atoms with Gasteiger partial charge in [0.05, 0.1) is 17.7 Å². The maximum Gasteiger partial charge on any atom is 0.282 e. The fourth-order valence-corrected chi connectivity index (χ4v) is 4.00. The second-order valence-corrected chi connectivity index (χ2v) is 7.74. The number of hydrogen-bond acceptors (Lipinski definition) is 3. The number of methoxy groups -OCH3 is 1. The van der Waals surface area contributed by atoms with E-state index in [1.807, 2.05) is 31.2 Å². The fourth-order valence-electron chi connectivity index (χ4n) is 3.17. The normalized spacial score (nSPS) is 13.0. The predicted octanol–water partition coefficient (Wildman–Crippen LogP) is 4.00. The van der Waals surface area contributed by atoms with E-state index in [0.717, 1.165) is 6.42 Å². The van der Waals surface area contributed by atoms with Crippen molar-refractivity contribution >= 4 is 22.9 Å². The number of carbonyl (C=O) groups excluding carboxylic acids is 1. The van der Waals surface area contributed by atoms with Crippen molar-refractivity contribution in [3.8, 4) is 5.75 Å². The molecule has 3 aromatic rings. The Bertz CT molecular complexity index is 891. The number of hydrogen-bond donors (Lipinski definition) is 2. The first-order chi connectivity index (χ1) is 13.6. The van der Waals surface area contributed by atoms with Gasteiger partial charge in [-0.2, -0.15) is 0 Å². The third kappa shape index (κ3) is 4.80. The van der Waals surface area contributed by atoms with Gasteiger partial charge >= 0.3 is 0 Å². The molecule has 28 heavy (non-hydrogen) atoms. The van der Waals surface area contributed by atoms with Gasteiger partial charge in [-0.05, 0) is 42.5 Å². The zero-order valence-corrected chi connectivity index (χ0v) is 17.3. The van der Waals surface area contributed by atoms with Gasteiger partial charge < -0.3 is 15.4 Å². The molecule has 3 rings (SSSR count). The van der Waals surface area contributed by atoms with Crippen LogP contribution >= 0.6 is 11.3 Å². The molecule has 0 fully saturated rings. The Morgan fingerprint density at radius 2 is 1.86 bits per heavy atom. The summed E-state index contributed by atoms with van der Waals surface area (Å²) in [5.41, 5.74) is 3.21. The molecule has 0 bridgehead atoms. The van der Waals surface area contributed by atoms with Crippen LogP contribution in [0, 0.1) is 0 Å². The van der Waals surface area contributed by atoms with Gasteiger partial charge in [-0.3, -0.25) is 4.79 Å². The Labute approximate surface area is 170 Å². The molecule has 0 spiro atoms. The summed E-state index contributed by atoms with van der Waals surface area (Å²) in [4.78, 5) is 14.1. The highest BCUT2D eigenvalue weighted by Gasteiger charge is 2.26. The van der Waals surface area contributed by atoms with Gasteiger partial charge in [0.15, 0.2) is 6.04 Å². The van der Waals surface area contributed by atoms with Crippen LogP contribution in [0.1, 0.15) is 35.9 Å². The molecule has 2 atom stereocenters. The molecule has 1 amide bonds. The topological polar surface area (TPSA) is 54.9 Å². The number of nitrogens with one attached hydrogen (secondary N) is 1. The lowest BCUT2D eigenvalue weighted by Crippen LogP contribution is -2.92. The van der Waals surface area contributed by atoms with Crippen LogP contribution in [0.25, 0.3) is 0 Å². The van der Waals surface area contributed by atoms with Gasteiger partial charge in [0.25, 0.3) is 5.91 Å². The Kier molecular flexibility index (Phi) is 6.85. The first-order valence-corrected chi connectivity index (χ1v) is 10.4. The van der Waals surface area contributed by atoms with Crippen molar-refractivity contribution in [2.75, 3.05) is 12.4 Å². The molecular weight excluding hydrogens is 368 g/mol. The molecule has 0 radical (unpaired) electrons. The molecule has 4 nitrogen and oxygen atoms in total. The van der Waals surface area contributed by atoms with Crippen LogP contribution in [0.4, 0.5) is 5.69 Å². The molecule has 146 valence electrons. The molecule has 1 heterocycles. The average molecular weight is 396 g/mol. The van der Waals surface area contributed by atoms with E-state index in [-0.39, 0.29) is 18.0 Å². The second kappa shape index (κ2) is 9.53. The van der Waals surface area contributed by atoms with Gasteiger partial charge in [0, 0.05) is 5.56 Å². The average Bonchev–Trinajstić information content (AvgIpc) is 3.27. The molecule has 2 aromatic carbocycles. The van der Waals surface area contributed by atoms with E-state index in [2.05, 4.69) is 59.3 Å². The molecular formula is C23H27N2O2S+. The molecule has 5 heteroatoms. The summed E-state index contributed by atoms with van der Waals surface area (Å²) >= 11 is 1.72. The highest BCUT2D eigenvalue weighted by Crippen LogP contribution is 2.25. The van der Waals surface area contributed by atoms with E-state index in [1.54, 1.807) is 18.4 Å². The number of rotatable bonds is 8. The number of thiophene rings is 1. The van der Waals surface area contributed by atoms with Crippen molar-refractivity contribution in [1.29, 1.82) is 0 Å². The smallest absolute Gasteiger partial charge is 0.282 e. The number of carbonyl (C=O) groups is 1. The number of anilines is 1. The lowest BCUT2D eigenvalue weighted by Gasteiger charge is -2.20. The van der Waals surface area contributed by atoms with Crippen molar-refractivity contribution in [1.82, 2.24) is 0 Å². The zero-order chi connectivity index (χ0) is 19.9. The van der Waals surface area contributed by atoms with Crippen LogP contribution in [0.2, 0.25) is 0 Å². The molecule has 0 aliphatic carbocycles. The molecule has 0 saturated heterocycles. The van der Waals surface area contributed by atoms with E-state index >= 15 is 0 Å². The number of amides is 1. The standard InChI is InChI=1S/C23H26N2O2S/c1-4-17-11-13-18(14-12-17)22(21-10-7-15-28-21)24-16(2)23(26)25-19-8-5-6-9-20(19)27-3/h5-16,22,24H,4H2,1-3H3,(H,25,26)/p+1/t16-,22+/m1/s1. The van der Waals surface area contributed by atoms with Crippen LogP contribution in [0.5, 0.6) is 5.75 Å². The van der Waals surface area contributed by atoms with Crippen LogP contribution < -0.4 is 15.4 Å². The minimum Gasteiger partial charge on any atom is -0.495 e. The second-order valence-electron chi connectivity index (χ2n) is 6.76. The summed E-state index contributed by atoms with van der Waals surface area (Å²) in [6.45, 7) is 4.09. The first-order valence-electron chi connectivity index (χ1n) is 9.53. The number of quaternary nitrogens is 1. The predicted molar refractivity (Wildman–Crippen MR) is 115 cm³/mol. The van der Waals surface area contributed by atoms with E-state index in [9.17, 15) is 4.79 Å². The van der Waals surface area contributed by atoms with Crippen molar-refractivity contribution in [3.63, 3.8) is 0 Å². The summed E-state index contributed by atoms with van der Waals surface area (Å²) in [6, 6.07) is 20.2. The van der Waals surface area contributed by atoms with Crippen molar-refractivity contribution in [2.45, 2.75) is 32.4 Å². The van der Waals surface area contributed by atoms with Crippen molar-refractivity contribution in [3.05, 3.63) is 82.0 Å². The van der Waals surface area contributed by atoms with Gasteiger partial charge in [0.1, 0.15) is 11.8 Å². The molecule has 0 aliphatic rings. The van der Waals surface area contributed by atoms with E-state index in [0.29, 0.717) is 11.4 Å².